The Kier molecular flexibility index (Phi) is 8.42. The van der Waals surface area contributed by atoms with Crippen molar-refractivity contribution in [2.45, 2.75) is 46.1 Å². The molecule has 1 fully saturated rings. The number of rotatable bonds is 9. The molecule has 6 nitrogen and oxygen atoms in total. The lowest BCUT2D eigenvalue weighted by atomic mass is 9.97. The van der Waals surface area contributed by atoms with Crippen molar-refractivity contribution in [2.75, 3.05) is 32.8 Å². The molecular weight excluding hydrogens is 282 g/mol. The van der Waals surface area contributed by atoms with Gasteiger partial charge in [-0.1, -0.05) is 13.8 Å². The monoisotopic (exact) mass is 313 g/mol. The molecule has 1 rings (SSSR count). The molecular formula is C16H31N3O3. The Morgan fingerprint density at radius 3 is 2.73 bits per heavy atom. The van der Waals surface area contributed by atoms with Crippen molar-refractivity contribution >= 4 is 11.8 Å². The van der Waals surface area contributed by atoms with Crippen LogP contribution >= 0.6 is 0 Å². The zero-order chi connectivity index (χ0) is 16.5. The molecule has 1 saturated heterocycles. The highest BCUT2D eigenvalue weighted by atomic mass is 16.5. The predicted molar refractivity (Wildman–Crippen MR) is 86.2 cm³/mol. The zero-order valence-corrected chi connectivity index (χ0v) is 14.1. The van der Waals surface area contributed by atoms with Gasteiger partial charge >= 0.3 is 0 Å². The summed E-state index contributed by atoms with van der Waals surface area (Å²) in [7, 11) is 0. The molecule has 128 valence electrons. The van der Waals surface area contributed by atoms with E-state index in [0.29, 0.717) is 19.1 Å². The summed E-state index contributed by atoms with van der Waals surface area (Å²) in [5, 5.41) is 2.90. The minimum absolute atomic E-state index is 0.0206. The quantitative estimate of drug-likeness (QED) is 0.615. The maximum Gasteiger partial charge on any atom is 0.248 e. The Bertz CT molecular complexity index is 361. The van der Waals surface area contributed by atoms with Crippen LogP contribution in [0.15, 0.2) is 0 Å². The normalized spacial score (nSPS) is 20.8. The minimum atomic E-state index is -0.406. The predicted octanol–water partition coefficient (Wildman–Crippen LogP) is 0.751. The first-order valence-electron chi connectivity index (χ1n) is 8.31. The average Bonchev–Trinajstić information content (AvgIpc) is 2.49. The van der Waals surface area contributed by atoms with E-state index in [1.54, 1.807) is 6.92 Å². The van der Waals surface area contributed by atoms with Crippen LogP contribution in [0.1, 0.15) is 40.0 Å². The van der Waals surface area contributed by atoms with Crippen LogP contribution in [0.4, 0.5) is 0 Å². The third-order valence-corrected chi connectivity index (χ3v) is 3.91. The number of likely N-dealkylation sites (tertiary alicyclic amines) is 1. The van der Waals surface area contributed by atoms with Crippen LogP contribution in [0.2, 0.25) is 0 Å². The molecule has 0 aromatic rings. The van der Waals surface area contributed by atoms with Gasteiger partial charge in [-0.25, -0.2) is 0 Å². The SMILES string of the molecule is CC(C)CO[C@@H](C)C(=O)NCCCN1CCC[C@H](C(N)=O)C1. The number of carbonyl (C=O) groups is 2. The largest absolute Gasteiger partial charge is 0.369 e. The second kappa shape index (κ2) is 9.79. The minimum Gasteiger partial charge on any atom is -0.369 e. The highest BCUT2D eigenvalue weighted by Gasteiger charge is 2.23. The van der Waals surface area contributed by atoms with Gasteiger partial charge < -0.3 is 20.7 Å². The van der Waals surface area contributed by atoms with Crippen molar-refractivity contribution in [1.29, 1.82) is 0 Å². The first-order valence-corrected chi connectivity index (χ1v) is 8.31. The summed E-state index contributed by atoms with van der Waals surface area (Å²) in [5.74, 6) is 0.142. The van der Waals surface area contributed by atoms with Crippen LogP contribution in [-0.2, 0) is 14.3 Å². The molecule has 3 N–H and O–H groups in total. The van der Waals surface area contributed by atoms with E-state index in [0.717, 1.165) is 38.9 Å². The van der Waals surface area contributed by atoms with Crippen molar-refractivity contribution in [3.05, 3.63) is 0 Å². The Morgan fingerprint density at radius 2 is 2.09 bits per heavy atom. The number of hydrogen-bond acceptors (Lipinski definition) is 4. The molecule has 1 aliphatic rings. The lowest BCUT2D eigenvalue weighted by Crippen LogP contribution is -2.42. The fraction of sp³-hybridized carbons (Fsp3) is 0.875. The number of piperidine rings is 1. The van der Waals surface area contributed by atoms with Gasteiger partial charge in [0.15, 0.2) is 0 Å². The topological polar surface area (TPSA) is 84.7 Å². The number of nitrogens with one attached hydrogen (secondary N) is 1. The molecule has 0 unspecified atom stereocenters. The maximum atomic E-state index is 11.8. The molecule has 2 atom stereocenters. The highest BCUT2D eigenvalue weighted by Crippen LogP contribution is 2.15. The fourth-order valence-electron chi connectivity index (χ4n) is 2.56. The molecule has 0 radical (unpaired) electrons. The number of carbonyl (C=O) groups excluding carboxylic acids is 2. The molecule has 1 heterocycles. The van der Waals surface area contributed by atoms with Crippen LogP contribution in [-0.4, -0.2) is 55.6 Å². The molecule has 22 heavy (non-hydrogen) atoms. The van der Waals surface area contributed by atoms with Gasteiger partial charge in [0.25, 0.3) is 0 Å². The Hall–Kier alpha value is -1.14. The summed E-state index contributed by atoms with van der Waals surface area (Å²) < 4.78 is 5.48. The summed E-state index contributed by atoms with van der Waals surface area (Å²) >= 11 is 0. The molecule has 0 saturated carbocycles. The summed E-state index contributed by atoms with van der Waals surface area (Å²) in [6, 6.07) is 0. The number of hydrogen-bond donors (Lipinski definition) is 2. The molecule has 6 heteroatoms. The number of amides is 2. The van der Waals surface area contributed by atoms with E-state index >= 15 is 0 Å². The molecule has 0 aromatic heterocycles. The van der Waals surface area contributed by atoms with Gasteiger partial charge in [0.1, 0.15) is 6.10 Å². The second-order valence-corrected chi connectivity index (χ2v) is 6.56. The van der Waals surface area contributed by atoms with Gasteiger partial charge in [-0.2, -0.15) is 0 Å². The Labute approximate surface area is 133 Å². The number of nitrogens with two attached hydrogens (primary N) is 1. The summed E-state index contributed by atoms with van der Waals surface area (Å²) in [6.07, 6.45) is 2.37. The van der Waals surface area contributed by atoms with Crippen LogP contribution in [0.25, 0.3) is 0 Å². The van der Waals surface area contributed by atoms with Crippen molar-refractivity contribution in [2.24, 2.45) is 17.6 Å². The summed E-state index contributed by atoms with van der Waals surface area (Å²) in [4.78, 5) is 25.3. The molecule has 0 spiro atoms. The lowest BCUT2D eigenvalue weighted by molar-refractivity contribution is -0.132. The first-order chi connectivity index (χ1) is 10.4. The molecule has 0 bridgehead atoms. The van der Waals surface area contributed by atoms with Crippen LogP contribution in [0.3, 0.4) is 0 Å². The summed E-state index contributed by atoms with van der Waals surface area (Å²) in [6.45, 7) is 9.75. The number of ether oxygens (including phenoxy) is 1. The van der Waals surface area contributed by atoms with Crippen molar-refractivity contribution in [3.8, 4) is 0 Å². The van der Waals surface area contributed by atoms with Gasteiger partial charge in [-0.05, 0) is 45.2 Å². The average molecular weight is 313 g/mol. The highest BCUT2D eigenvalue weighted by molar-refractivity contribution is 5.80. The third-order valence-electron chi connectivity index (χ3n) is 3.91. The maximum absolute atomic E-state index is 11.8. The lowest BCUT2D eigenvalue weighted by Gasteiger charge is -2.31. The smallest absolute Gasteiger partial charge is 0.248 e. The van der Waals surface area contributed by atoms with E-state index in [-0.39, 0.29) is 17.7 Å². The molecule has 1 aliphatic heterocycles. The molecule has 0 aliphatic carbocycles. The van der Waals surface area contributed by atoms with Crippen molar-refractivity contribution in [3.63, 3.8) is 0 Å². The molecule has 0 aromatic carbocycles. The Morgan fingerprint density at radius 1 is 1.36 bits per heavy atom. The van der Waals surface area contributed by atoms with Gasteiger partial charge in [0.2, 0.25) is 11.8 Å². The van der Waals surface area contributed by atoms with E-state index in [4.69, 9.17) is 10.5 Å². The third kappa shape index (κ3) is 7.22. The van der Waals surface area contributed by atoms with Crippen molar-refractivity contribution < 1.29 is 14.3 Å². The van der Waals surface area contributed by atoms with E-state index in [2.05, 4.69) is 24.1 Å². The number of nitrogens with zero attached hydrogens (tertiary/aromatic N) is 1. The van der Waals surface area contributed by atoms with Crippen LogP contribution in [0, 0.1) is 11.8 Å². The standard InChI is InChI=1S/C16H31N3O3/c1-12(2)11-22-13(3)16(21)18-7-5-9-19-8-4-6-14(10-19)15(17)20/h12-14H,4-11H2,1-3H3,(H2,17,20)(H,18,21)/t13-,14-/m0/s1. The second-order valence-electron chi connectivity index (χ2n) is 6.56. The van der Waals surface area contributed by atoms with Gasteiger partial charge in [-0.3, -0.25) is 9.59 Å². The number of primary amides is 1. The van der Waals surface area contributed by atoms with Crippen LogP contribution in [0.5, 0.6) is 0 Å². The van der Waals surface area contributed by atoms with E-state index < -0.39 is 6.10 Å². The van der Waals surface area contributed by atoms with Crippen molar-refractivity contribution in [1.82, 2.24) is 10.2 Å². The van der Waals surface area contributed by atoms with E-state index in [1.165, 1.54) is 0 Å². The van der Waals surface area contributed by atoms with Gasteiger partial charge in [0.05, 0.1) is 5.92 Å². The summed E-state index contributed by atoms with van der Waals surface area (Å²) in [5.41, 5.74) is 5.37. The van der Waals surface area contributed by atoms with E-state index in [1.807, 2.05) is 0 Å². The zero-order valence-electron chi connectivity index (χ0n) is 14.1. The van der Waals surface area contributed by atoms with Gasteiger partial charge in [-0.15, -0.1) is 0 Å². The van der Waals surface area contributed by atoms with Gasteiger partial charge in [0, 0.05) is 19.7 Å². The van der Waals surface area contributed by atoms with E-state index in [9.17, 15) is 9.59 Å². The first kappa shape index (κ1) is 18.9. The van der Waals surface area contributed by atoms with Crippen LogP contribution < -0.4 is 11.1 Å². The Balaban J connectivity index is 2.14. The molecule has 2 amide bonds. The fourth-order valence-corrected chi connectivity index (χ4v) is 2.56.